The van der Waals surface area contributed by atoms with Crippen LogP contribution in [0.3, 0.4) is 0 Å². The molecule has 2 aliphatic heterocycles. The third-order valence-electron chi connectivity index (χ3n) is 3.35. The highest BCUT2D eigenvalue weighted by atomic mass is 16.6. The molecule has 17 heavy (non-hydrogen) atoms. The molecule has 1 aromatic rings. The summed E-state index contributed by atoms with van der Waals surface area (Å²) >= 11 is 0. The highest BCUT2D eigenvalue weighted by Crippen LogP contribution is 2.28. The van der Waals surface area contributed by atoms with Crippen molar-refractivity contribution in [1.29, 1.82) is 0 Å². The van der Waals surface area contributed by atoms with Gasteiger partial charge in [-0.05, 0) is 5.56 Å². The molecular formula is C13H17NO3. The van der Waals surface area contributed by atoms with E-state index in [4.69, 9.17) is 19.9 Å². The highest BCUT2D eigenvalue weighted by molar-refractivity contribution is 5.13. The number of fused-ring (bicyclic) bond motifs is 1. The van der Waals surface area contributed by atoms with Gasteiger partial charge in [0.05, 0.1) is 25.9 Å². The van der Waals surface area contributed by atoms with Crippen LogP contribution >= 0.6 is 0 Å². The smallest absolute Gasteiger partial charge is 0.114 e. The van der Waals surface area contributed by atoms with Gasteiger partial charge in [0.1, 0.15) is 18.3 Å². The molecule has 3 rings (SSSR count). The normalized spacial score (nSPS) is 36.1. The lowest BCUT2D eigenvalue weighted by atomic mass is 10.1. The summed E-state index contributed by atoms with van der Waals surface area (Å²) in [6, 6.07) is 10.1. The highest BCUT2D eigenvalue weighted by Gasteiger charge is 2.46. The third-order valence-corrected chi connectivity index (χ3v) is 3.35. The number of hydrogen-bond donors (Lipinski definition) is 1. The summed E-state index contributed by atoms with van der Waals surface area (Å²) in [6.45, 7) is 1.74. The molecular weight excluding hydrogens is 218 g/mol. The van der Waals surface area contributed by atoms with Crippen molar-refractivity contribution in [3.63, 3.8) is 0 Å². The Hall–Kier alpha value is -0.940. The minimum Gasteiger partial charge on any atom is -0.371 e. The van der Waals surface area contributed by atoms with Gasteiger partial charge in [0.15, 0.2) is 0 Å². The maximum absolute atomic E-state index is 5.88. The third kappa shape index (κ3) is 2.21. The van der Waals surface area contributed by atoms with Crippen molar-refractivity contribution in [2.75, 3.05) is 13.2 Å². The molecule has 0 saturated carbocycles. The van der Waals surface area contributed by atoms with Crippen molar-refractivity contribution >= 4 is 0 Å². The summed E-state index contributed by atoms with van der Waals surface area (Å²) in [6.07, 6.45) is 0.0261. The van der Waals surface area contributed by atoms with Crippen molar-refractivity contribution in [1.82, 2.24) is 0 Å². The Morgan fingerprint density at radius 3 is 2.71 bits per heavy atom. The van der Waals surface area contributed by atoms with Crippen LogP contribution in [0.5, 0.6) is 0 Å². The Balaban J connectivity index is 1.57. The van der Waals surface area contributed by atoms with Crippen LogP contribution in [0.1, 0.15) is 5.56 Å². The van der Waals surface area contributed by atoms with Gasteiger partial charge < -0.3 is 19.9 Å². The number of rotatable bonds is 3. The Morgan fingerprint density at radius 2 is 1.88 bits per heavy atom. The average Bonchev–Trinajstić information content (AvgIpc) is 2.92. The van der Waals surface area contributed by atoms with Gasteiger partial charge in [0.2, 0.25) is 0 Å². The van der Waals surface area contributed by atoms with Crippen LogP contribution < -0.4 is 5.73 Å². The zero-order chi connectivity index (χ0) is 11.7. The van der Waals surface area contributed by atoms with E-state index in [1.807, 2.05) is 18.2 Å². The van der Waals surface area contributed by atoms with E-state index < -0.39 is 0 Å². The predicted molar refractivity (Wildman–Crippen MR) is 62.5 cm³/mol. The maximum atomic E-state index is 5.88. The maximum Gasteiger partial charge on any atom is 0.114 e. The lowest BCUT2D eigenvalue weighted by Gasteiger charge is -2.16. The van der Waals surface area contributed by atoms with E-state index in [1.54, 1.807) is 0 Å². The van der Waals surface area contributed by atoms with Crippen molar-refractivity contribution in [2.45, 2.75) is 31.0 Å². The van der Waals surface area contributed by atoms with Crippen molar-refractivity contribution in [3.05, 3.63) is 35.9 Å². The summed E-state index contributed by atoms with van der Waals surface area (Å²) in [5.74, 6) is 0. The van der Waals surface area contributed by atoms with Gasteiger partial charge in [-0.25, -0.2) is 0 Å². The van der Waals surface area contributed by atoms with Gasteiger partial charge in [-0.3, -0.25) is 0 Å². The molecule has 2 saturated heterocycles. The summed E-state index contributed by atoms with van der Waals surface area (Å²) in [5, 5.41) is 0. The molecule has 0 amide bonds. The monoisotopic (exact) mass is 235 g/mol. The minimum absolute atomic E-state index is 0.00807. The molecule has 2 aliphatic rings. The molecule has 0 spiro atoms. The van der Waals surface area contributed by atoms with Crippen LogP contribution in [0.2, 0.25) is 0 Å². The van der Waals surface area contributed by atoms with E-state index in [-0.39, 0.29) is 24.4 Å². The molecule has 92 valence electrons. The summed E-state index contributed by atoms with van der Waals surface area (Å²) < 4.78 is 17.1. The van der Waals surface area contributed by atoms with Crippen LogP contribution in [-0.2, 0) is 20.8 Å². The van der Waals surface area contributed by atoms with Gasteiger partial charge in [0.25, 0.3) is 0 Å². The Morgan fingerprint density at radius 1 is 1.12 bits per heavy atom. The molecule has 4 heteroatoms. The molecule has 0 aliphatic carbocycles. The minimum atomic E-state index is -0.00896. The fraction of sp³-hybridized carbons (Fsp3) is 0.538. The van der Waals surface area contributed by atoms with E-state index >= 15 is 0 Å². The Bertz CT molecular complexity index is 370. The van der Waals surface area contributed by atoms with Gasteiger partial charge in [0, 0.05) is 0 Å². The lowest BCUT2D eigenvalue weighted by molar-refractivity contribution is -0.0389. The molecule has 2 heterocycles. The van der Waals surface area contributed by atoms with E-state index in [0.717, 1.165) is 0 Å². The summed E-state index contributed by atoms with van der Waals surface area (Å²) in [4.78, 5) is 0. The zero-order valence-electron chi connectivity index (χ0n) is 9.62. The first-order valence-electron chi connectivity index (χ1n) is 5.99. The molecule has 4 nitrogen and oxygen atoms in total. The average molecular weight is 235 g/mol. The Kier molecular flexibility index (Phi) is 3.11. The predicted octanol–water partition coefficient (Wildman–Crippen LogP) is 0.697. The van der Waals surface area contributed by atoms with Crippen LogP contribution in [0.15, 0.2) is 30.3 Å². The second kappa shape index (κ2) is 4.74. The quantitative estimate of drug-likeness (QED) is 0.837. The van der Waals surface area contributed by atoms with Gasteiger partial charge >= 0.3 is 0 Å². The second-order valence-electron chi connectivity index (χ2n) is 4.59. The molecule has 2 N–H and O–H groups in total. The number of hydrogen-bond acceptors (Lipinski definition) is 4. The lowest BCUT2D eigenvalue weighted by Crippen LogP contribution is -2.37. The van der Waals surface area contributed by atoms with Crippen LogP contribution in [0.25, 0.3) is 0 Å². The van der Waals surface area contributed by atoms with E-state index in [0.29, 0.717) is 19.8 Å². The fourth-order valence-electron chi connectivity index (χ4n) is 2.41. The second-order valence-corrected chi connectivity index (χ2v) is 4.59. The number of benzene rings is 1. The SMILES string of the molecule is NC1COC2C(OCc3ccccc3)COC12. The van der Waals surface area contributed by atoms with Crippen molar-refractivity contribution < 1.29 is 14.2 Å². The first-order valence-corrected chi connectivity index (χ1v) is 5.99. The summed E-state index contributed by atoms with van der Waals surface area (Å²) in [5.41, 5.74) is 7.05. The van der Waals surface area contributed by atoms with Crippen molar-refractivity contribution in [2.24, 2.45) is 5.73 Å². The van der Waals surface area contributed by atoms with E-state index in [9.17, 15) is 0 Å². The van der Waals surface area contributed by atoms with Crippen LogP contribution in [0.4, 0.5) is 0 Å². The first-order chi connectivity index (χ1) is 8.34. The van der Waals surface area contributed by atoms with E-state index in [2.05, 4.69) is 12.1 Å². The van der Waals surface area contributed by atoms with Gasteiger partial charge in [-0.15, -0.1) is 0 Å². The van der Waals surface area contributed by atoms with Gasteiger partial charge in [-0.2, -0.15) is 0 Å². The van der Waals surface area contributed by atoms with Crippen LogP contribution in [0, 0.1) is 0 Å². The molecule has 4 unspecified atom stereocenters. The van der Waals surface area contributed by atoms with Gasteiger partial charge in [-0.1, -0.05) is 30.3 Å². The zero-order valence-corrected chi connectivity index (χ0v) is 9.62. The topological polar surface area (TPSA) is 53.7 Å². The molecule has 0 radical (unpaired) electrons. The van der Waals surface area contributed by atoms with Crippen LogP contribution in [-0.4, -0.2) is 37.6 Å². The largest absolute Gasteiger partial charge is 0.371 e. The fourth-order valence-corrected chi connectivity index (χ4v) is 2.41. The number of ether oxygens (including phenoxy) is 3. The molecule has 0 aromatic heterocycles. The summed E-state index contributed by atoms with van der Waals surface area (Å²) in [7, 11) is 0. The standard InChI is InChI=1S/C13H17NO3/c14-10-7-16-13-11(8-17-12(10)13)15-6-9-4-2-1-3-5-9/h1-5,10-13H,6-8,14H2. The molecule has 2 fully saturated rings. The molecule has 1 aromatic carbocycles. The number of nitrogens with two attached hydrogens (primary N) is 1. The molecule has 4 atom stereocenters. The molecule has 0 bridgehead atoms. The first kappa shape index (κ1) is 11.2. The van der Waals surface area contributed by atoms with E-state index in [1.165, 1.54) is 5.56 Å². The van der Waals surface area contributed by atoms with Crippen molar-refractivity contribution in [3.8, 4) is 0 Å². The Labute approximate surface area is 101 Å².